The van der Waals surface area contributed by atoms with E-state index in [1.54, 1.807) is 14.2 Å². The van der Waals surface area contributed by atoms with E-state index in [-0.39, 0.29) is 12.1 Å². The monoisotopic (exact) mass is 342 g/mol. The molecule has 2 N–H and O–H groups in total. The Morgan fingerprint density at radius 3 is 1.56 bits per heavy atom. The van der Waals surface area contributed by atoms with Gasteiger partial charge in [0.2, 0.25) is 0 Å². The third-order valence-corrected chi connectivity index (χ3v) is 4.64. The molecule has 6 nitrogen and oxygen atoms in total. The number of piperidine rings is 1. The average molecular weight is 342 g/mol. The van der Waals surface area contributed by atoms with Crippen molar-refractivity contribution < 1.29 is 19.9 Å². The molecule has 0 saturated carbocycles. The molecule has 2 aromatic rings. The van der Waals surface area contributed by atoms with Crippen molar-refractivity contribution in [1.82, 2.24) is 5.06 Å². The molecule has 132 valence electrons. The highest BCUT2D eigenvalue weighted by Gasteiger charge is 2.35. The van der Waals surface area contributed by atoms with Crippen molar-refractivity contribution in [3.8, 4) is 11.5 Å². The second-order valence-corrected chi connectivity index (χ2v) is 6.03. The van der Waals surface area contributed by atoms with Crippen LogP contribution in [0.3, 0.4) is 0 Å². The van der Waals surface area contributed by atoms with Crippen LogP contribution in [0, 0.1) is 0 Å². The molecule has 1 heterocycles. The first-order valence-electron chi connectivity index (χ1n) is 8.11. The van der Waals surface area contributed by atoms with E-state index in [0.717, 1.165) is 22.6 Å². The molecule has 0 aromatic heterocycles. The molecule has 0 spiro atoms. The van der Waals surface area contributed by atoms with E-state index in [2.05, 4.69) is 5.16 Å². The molecule has 0 bridgehead atoms. The van der Waals surface area contributed by atoms with Crippen LogP contribution in [0.5, 0.6) is 11.5 Å². The Bertz CT molecular complexity index is 669. The molecule has 0 amide bonds. The number of benzene rings is 2. The van der Waals surface area contributed by atoms with Crippen LogP contribution >= 0.6 is 0 Å². The van der Waals surface area contributed by atoms with Crippen LogP contribution in [0.2, 0.25) is 0 Å². The third kappa shape index (κ3) is 3.60. The van der Waals surface area contributed by atoms with Gasteiger partial charge in [0.1, 0.15) is 11.5 Å². The number of hydrogen-bond acceptors (Lipinski definition) is 6. The minimum Gasteiger partial charge on any atom is -0.497 e. The standard InChI is InChI=1S/C19H22N2O4/c1-24-16-7-3-13(4-8-16)18-11-15(20-22)12-19(21(18)23)14-5-9-17(25-2)10-6-14/h3-10,18-19,22-23H,11-12H2,1-2H3/t18-,19-/m1/s1. The molecule has 25 heavy (non-hydrogen) atoms. The predicted octanol–water partition coefficient (Wildman–Crippen LogP) is 3.80. The van der Waals surface area contributed by atoms with Gasteiger partial charge in [-0.05, 0) is 35.4 Å². The van der Waals surface area contributed by atoms with Crippen molar-refractivity contribution in [1.29, 1.82) is 0 Å². The van der Waals surface area contributed by atoms with Crippen LogP contribution in [0.4, 0.5) is 0 Å². The van der Waals surface area contributed by atoms with Crippen LogP contribution in [-0.2, 0) is 0 Å². The minimum atomic E-state index is -0.294. The molecule has 2 aromatic carbocycles. The fourth-order valence-electron chi connectivity index (χ4n) is 3.21. The van der Waals surface area contributed by atoms with E-state index in [0.29, 0.717) is 18.6 Å². The summed E-state index contributed by atoms with van der Waals surface area (Å²) in [5, 5.41) is 24.9. The zero-order chi connectivity index (χ0) is 17.8. The Labute approximate surface area is 146 Å². The summed E-state index contributed by atoms with van der Waals surface area (Å²) in [6.45, 7) is 0. The lowest BCUT2D eigenvalue weighted by Gasteiger charge is -2.38. The number of hydroxylamine groups is 2. The molecule has 0 unspecified atom stereocenters. The highest BCUT2D eigenvalue weighted by atomic mass is 16.5. The molecule has 1 fully saturated rings. The topological polar surface area (TPSA) is 74.5 Å². The van der Waals surface area contributed by atoms with Crippen LogP contribution in [-0.4, -0.2) is 35.4 Å². The van der Waals surface area contributed by atoms with Gasteiger partial charge in [0.25, 0.3) is 0 Å². The summed E-state index contributed by atoms with van der Waals surface area (Å²) >= 11 is 0. The summed E-state index contributed by atoms with van der Waals surface area (Å²) in [4.78, 5) is 0. The van der Waals surface area contributed by atoms with E-state index in [4.69, 9.17) is 9.47 Å². The second kappa shape index (κ2) is 7.55. The predicted molar refractivity (Wildman–Crippen MR) is 93.6 cm³/mol. The van der Waals surface area contributed by atoms with Gasteiger partial charge >= 0.3 is 0 Å². The number of ether oxygens (including phenoxy) is 2. The van der Waals surface area contributed by atoms with Gasteiger partial charge in [-0.3, -0.25) is 0 Å². The first-order chi connectivity index (χ1) is 12.2. The van der Waals surface area contributed by atoms with Crippen molar-refractivity contribution in [2.75, 3.05) is 14.2 Å². The maximum atomic E-state index is 10.8. The lowest BCUT2D eigenvalue weighted by molar-refractivity contribution is -0.167. The van der Waals surface area contributed by atoms with Crippen LogP contribution in [0.1, 0.15) is 36.1 Å². The molecule has 3 rings (SSSR count). The Morgan fingerprint density at radius 2 is 1.24 bits per heavy atom. The Morgan fingerprint density at radius 1 is 0.840 bits per heavy atom. The normalized spacial score (nSPS) is 21.0. The second-order valence-electron chi connectivity index (χ2n) is 6.03. The lowest BCUT2D eigenvalue weighted by atomic mass is 9.88. The SMILES string of the molecule is COc1ccc([C@H]2CC(=NO)C[C@H](c3ccc(OC)cc3)N2O)cc1. The van der Waals surface area contributed by atoms with Crippen LogP contribution in [0.25, 0.3) is 0 Å². The van der Waals surface area contributed by atoms with Crippen molar-refractivity contribution in [3.05, 3.63) is 59.7 Å². The maximum absolute atomic E-state index is 10.8. The van der Waals surface area contributed by atoms with E-state index in [1.165, 1.54) is 5.06 Å². The Balaban J connectivity index is 1.90. The number of hydrogen-bond donors (Lipinski definition) is 2. The molecular weight excluding hydrogens is 320 g/mol. The maximum Gasteiger partial charge on any atom is 0.118 e. The molecule has 1 aliphatic heterocycles. The highest BCUT2D eigenvalue weighted by Crippen LogP contribution is 2.39. The zero-order valence-electron chi connectivity index (χ0n) is 14.3. The molecule has 0 aliphatic carbocycles. The quantitative estimate of drug-likeness (QED) is 0.653. The number of rotatable bonds is 4. The van der Waals surface area contributed by atoms with Crippen molar-refractivity contribution in [2.45, 2.75) is 24.9 Å². The van der Waals surface area contributed by atoms with E-state index in [1.807, 2.05) is 48.5 Å². The van der Waals surface area contributed by atoms with E-state index >= 15 is 0 Å². The van der Waals surface area contributed by atoms with Crippen molar-refractivity contribution in [3.63, 3.8) is 0 Å². The van der Waals surface area contributed by atoms with E-state index < -0.39 is 0 Å². The first kappa shape index (κ1) is 17.3. The lowest BCUT2D eigenvalue weighted by Crippen LogP contribution is -2.37. The zero-order valence-corrected chi connectivity index (χ0v) is 14.3. The number of methoxy groups -OCH3 is 2. The summed E-state index contributed by atoms with van der Waals surface area (Å²) in [7, 11) is 3.23. The summed E-state index contributed by atoms with van der Waals surface area (Å²) < 4.78 is 10.4. The van der Waals surface area contributed by atoms with Crippen LogP contribution < -0.4 is 9.47 Å². The fourth-order valence-corrected chi connectivity index (χ4v) is 3.21. The van der Waals surface area contributed by atoms with Gasteiger partial charge in [-0.25, -0.2) is 0 Å². The minimum absolute atomic E-state index is 0.294. The smallest absolute Gasteiger partial charge is 0.118 e. The summed E-state index contributed by atoms with van der Waals surface area (Å²) in [5.41, 5.74) is 2.53. The van der Waals surface area contributed by atoms with Gasteiger partial charge < -0.3 is 19.9 Å². The van der Waals surface area contributed by atoms with Gasteiger partial charge in [0.05, 0.1) is 32.0 Å². The van der Waals surface area contributed by atoms with Gasteiger partial charge in [-0.2, -0.15) is 5.06 Å². The molecule has 0 radical (unpaired) electrons. The average Bonchev–Trinajstić information content (AvgIpc) is 2.68. The summed E-state index contributed by atoms with van der Waals surface area (Å²) in [6.07, 6.45) is 0.929. The Hall–Kier alpha value is -2.57. The van der Waals surface area contributed by atoms with Crippen molar-refractivity contribution >= 4 is 5.71 Å². The molecule has 2 atom stereocenters. The van der Waals surface area contributed by atoms with Gasteiger partial charge in [0.15, 0.2) is 0 Å². The third-order valence-electron chi connectivity index (χ3n) is 4.64. The molecular formula is C19H22N2O4. The molecule has 1 saturated heterocycles. The van der Waals surface area contributed by atoms with Crippen LogP contribution in [0.15, 0.2) is 53.7 Å². The van der Waals surface area contributed by atoms with E-state index in [9.17, 15) is 10.4 Å². The number of oxime groups is 1. The highest BCUT2D eigenvalue weighted by molar-refractivity contribution is 5.86. The van der Waals surface area contributed by atoms with Gasteiger partial charge in [0, 0.05) is 12.8 Å². The summed E-state index contributed by atoms with van der Waals surface area (Å²) in [6, 6.07) is 14.5. The summed E-state index contributed by atoms with van der Waals surface area (Å²) in [5.74, 6) is 1.51. The first-order valence-corrected chi connectivity index (χ1v) is 8.11. The van der Waals surface area contributed by atoms with Gasteiger partial charge in [-0.15, -0.1) is 0 Å². The number of nitrogens with zero attached hydrogens (tertiary/aromatic N) is 2. The van der Waals surface area contributed by atoms with Crippen molar-refractivity contribution in [2.24, 2.45) is 5.16 Å². The Kier molecular flexibility index (Phi) is 5.21. The fraction of sp³-hybridized carbons (Fsp3) is 0.316. The van der Waals surface area contributed by atoms with Gasteiger partial charge in [-0.1, -0.05) is 29.4 Å². The largest absolute Gasteiger partial charge is 0.497 e. The molecule has 1 aliphatic rings. The molecule has 6 heteroatoms.